The highest BCUT2D eigenvalue weighted by Crippen LogP contribution is 2.32. The number of hydrogen-bond acceptors (Lipinski definition) is 2. The summed E-state index contributed by atoms with van der Waals surface area (Å²) in [6.45, 7) is 12.7. The Morgan fingerprint density at radius 2 is 1.76 bits per heavy atom. The summed E-state index contributed by atoms with van der Waals surface area (Å²) in [5.41, 5.74) is 0. The van der Waals surface area contributed by atoms with Crippen molar-refractivity contribution >= 4 is 0 Å². The van der Waals surface area contributed by atoms with Gasteiger partial charge in [-0.3, -0.25) is 9.80 Å². The van der Waals surface area contributed by atoms with E-state index in [1.165, 1.54) is 71.1 Å². The van der Waals surface area contributed by atoms with Crippen LogP contribution in [0.1, 0.15) is 65.7 Å². The fourth-order valence-corrected chi connectivity index (χ4v) is 4.96. The maximum absolute atomic E-state index is 2.87. The van der Waals surface area contributed by atoms with Gasteiger partial charge in [0.15, 0.2) is 0 Å². The Morgan fingerprint density at radius 1 is 1.00 bits per heavy atom. The van der Waals surface area contributed by atoms with Gasteiger partial charge in [0.05, 0.1) is 0 Å². The van der Waals surface area contributed by atoms with Gasteiger partial charge in [-0.05, 0) is 50.1 Å². The molecule has 0 spiro atoms. The van der Waals surface area contributed by atoms with Crippen molar-refractivity contribution in [2.24, 2.45) is 17.8 Å². The minimum absolute atomic E-state index is 0.804. The Bertz CT molecular complexity index is 320. The van der Waals surface area contributed by atoms with Crippen molar-refractivity contribution in [1.82, 2.24) is 9.80 Å². The zero-order valence-electron chi connectivity index (χ0n) is 14.6. The first-order valence-electron chi connectivity index (χ1n) is 9.61. The largest absolute Gasteiger partial charge is 0.298 e. The predicted octanol–water partition coefficient (Wildman–Crippen LogP) is 4.01. The van der Waals surface area contributed by atoms with Crippen molar-refractivity contribution in [3.8, 4) is 0 Å². The molecule has 2 aliphatic heterocycles. The van der Waals surface area contributed by atoms with Gasteiger partial charge in [-0.15, -0.1) is 0 Å². The molecule has 1 aliphatic carbocycles. The molecule has 2 nitrogen and oxygen atoms in total. The summed E-state index contributed by atoms with van der Waals surface area (Å²) < 4.78 is 0. The molecular formula is C19H36N2. The Morgan fingerprint density at radius 3 is 2.48 bits per heavy atom. The smallest absolute Gasteiger partial charge is 0.0246 e. The number of hydrogen-bond donors (Lipinski definition) is 0. The molecule has 2 heterocycles. The summed E-state index contributed by atoms with van der Waals surface area (Å²) in [6, 6.07) is 1.69. The van der Waals surface area contributed by atoms with Crippen molar-refractivity contribution in [2.45, 2.75) is 77.8 Å². The number of piperazine rings is 1. The second-order valence-electron chi connectivity index (χ2n) is 8.51. The highest BCUT2D eigenvalue weighted by atomic mass is 15.3. The lowest BCUT2D eigenvalue weighted by atomic mass is 9.81. The summed E-state index contributed by atoms with van der Waals surface area (Å²) in [4.78, 5) is 5.65. The van der Waals surface area contributed by atoms with Crippen LogP contribution in [0.5, 0.6) is 0 Å². The topological polar surface area (TPSA) is 6.48 Å². The van der Waals surface area contributed by atoms with E-state index < -0.39 is 0 Å². The van der Waals surface area contributed by atoms with E-state index in [2.05, 4.69) is 30.6 Å². The van der Waals surface area contributed by atoms with Crippen molar-refractivity contribution in [2.75, 3.05) is 26.2 Å². The summed E-state index contributed by atoms with van der Waals surface area (Å²) >= 11 is 0. The molecule has 0 bridgehead atoms. The highest BCUT2D eigenvalue weighted by molar-refractivity contribution is 4.93. The van der Waals surface area contributed by atoms with Crippen molar-refractivity contribution < 1.29 is 0 Å². The van der Waals surface area contributed by atoms with Gasteiger partial charge in [0.25, 0.3) is 0 Å². The molecule has 3 fully saturated rings. The minimum atomic E-state index is 0.804. The van der Waals surface area contributed by atoms with Gasteiger partial charge in [-0.1, -0.05) is 46.5 Å². The lowest BCUT2D eigenvalue weighted by molar-refractivity contribution is 0.0244. The van der Waals surface area contributed by atoms with E-state index in [1.54, 1.807) is 0 Å². The van der Waals surface area contributed by atoms with E-state index in [-0.39, 0.29) is 0 Å². The Kier molecular flexibility index (Phi) is 5.27. The number of nitrogens with zero attached hydrogens (tertiary/aromatic N) is 2. The molecule has 21 heavy (non-hydrogen) atoms. The zero-order chi connectivity index (χ0) is 14.8. The van der Waals surface area contributed by atoms with Gasteiger partial charge in [0.2, 0.25) is 0 Å². The third-order valence-corrected chi connectivity index (χ3v) is 6.56. The molecule has 0 aromatic rings. The zero-order valence-corrected chi connectivity index (χ0v) is 14.6. The second kappa shape index (κ2) is 7.00. The third-order valence-electron chi connectivity index (χ3n) is 6.56. The molecule has 122 valence electrons. The van der Waals surface area contributed by atoms with Crippen molar-refractivity contribution in [1.29, 1.82) is 0 Å². The molecule has 2 unspecified atom stereocenters. The van der Waals surface area contributed by atoms with Gasteiger partial charge in [-0.25, -0.2) is 0 Å². The second-order valence-corrected chi connectivity index (χ2v) is 8.51. The quantitative estimate of drug-likeness (QED) is 0.772. The van der Waals surface area contributed by atoms with E-state index in [0.29, 0.717) is 0 Å². The maximum atomic E-state index is 2.87. The van der Waals surface area contributed by atoms with E-state index in [0.717, 1.165) is 29.8 Å². The molecule has 2 atom stereocenters. The summed E-state index contributed by atoms with van der Waals surface area (Å²) in [5.74, 6) is 2.82. The van der Waals surface area contributed by atoms with Gasteiger partial charge in [-0.2, -0.15) is 0 Å². The molecule has 0 N–H and O–H groups in total. The molecule has 2 saturated heterocycles. The maximum Gasteiger partial charge on any atom is 0.0246 e. The normalized spacial score (nSPS) is 38.9. The average Bonchev–Trinajstić information content (AvgIpc) is 2.92. The summed E-state index contributed by atoms with van der Waals surface area (Å²) in [6.07, 6.45) is 10.3. The van der Waals surface area contributed by atoms with Crippen LogP contribution in [-0.2, 0) is 0 Å². The molecule has 2 heteroatoms. The lowest BCUT2D eigenvalue weighted by Crippen LogP contribution is -2.58. The van der Waals surface area contributed by atoms with Gasteiger partial charge in [0.1, 0.15) is 0 Å². The van der Waals surface area contributed by atoms with Crippen molar-refractivity contribution in [3.63, 3.8) is 0 Å². The fraction of sp³-hybridized carbons (Fsp3) is 1.00. The van der Waals surface area contributed by atoms with Crippen LogP contribution >= 0.6 is 0 Å². The molecule has 3 rings (SSSR count). The van der Waals surface area contributed by atoms with Gasteiger partial charge < -0.3 is 0 Å². The van der Waals surface area contributed by atoms with Crippen LogP contribution in [0, 0.1) is 17.8 Å². The highest BCUT2D eigenvalue weighted by Gasteiger charge is 2.37. The Hall–Kier alpha value is -0.0800. The van der Waals surface area contributed by atoms with E-state index in [9.17, 15) is 0 Å². The molecule has 1 saturated carbocycles. The fourth-order valence-electron chi connectivity index (χ4n) is 4.96. The summed E-state index contributed by atoms with van der Waals surface area (Å²) in [5, 5.41) is 0. The molecular weight excluding hydrogens is 256 g/mol. The third kappa shape index (κ3) is 3.82. The number of fused-ring (bicyclic) bond motifs is 1. The van der Waals surface area contributed by atoms with Crippen LogP contribution in [0.4, 0.5) is 0 Å². The molecule has 0 aromatic carbocycles. The predicted molar refractivity (Wildman–Crippen MR) is 90.5 cm³/mol. The van der Waals surface area contributed by atoms with Crippen LogP contribution in [-0.4, -0.2) is 48.1 Å². The SMILES string of the molecule is CC1CCC(CCN2CC3CCCN3CC2C(C)C)CC1. The monoisotopic (exact) mass is 292 g/mol. The molecule has 3 aliphatic rings. The van der Waals surface area contributed by atoms with E-state index >= 15 is 0 Å². The standard InChI is InChI=1S/C19H36N2/c1-15(2)19-14-20-11-4-5-18(20)13-21(19)12-10-17-8-6-16(3)7-9-17/h15-19H,4-14H2,1-3H3. The minimum Gasteiger partial charge on any atom is -0.298 e. The number of rotatable bonds is 4. The van der Waals surface area contributed by atoms with E-state index in [1.807, 2.05) is 0 Å². The van der Waals surface area contributed by atoms with Crippen LogP contribution in [0.15, 0.2) is 0 Å². The van der Waals surface area contributed by atoms with E-state index in [4.69, 9.17) is 0 Å². The molecule has 0 aromatic heterocycles. The molecule has 0 amide bonds. The van der Waals surface area contributed by atoms with Gasteiger partial charge in [0, 0.05) is 25.2 Å². The van der Waals surface area contributed by atoms with Crippen LogP contribution in [0.3, 0.4) is 0 Å². The molecule has 0 radical (unpaired) electrons. The van der Waals surface area contributed by atoms with Gasteiger partial charge >= 0.3 is 0 Å². The average molecular weight is 293 g/mol. The summed E-state index contributed by atoms with van der Waals surface area (Å²) in [7, 11) is 0. The lowest BCUT2D eigenvalue weighted by Gasteiger charge is -2.46. The van der Waals surface area contributed by atoms with Crippen LogP contribution in [0.2, 0.25) is 0 Å². The first-order chi connectivity index (χ1) is 10.1. The van der Waals surface area contributed by atoms with Crippen molar-refractivity contribution in [3.05, 3.63) is 0 Å². The Labute approximate surface area is 132 Å². The first-order valence-corrected chi connectivity index (χ1v) is 9.61. The van der Waals surface area contributed by atoms with Crippen LogP contribution < -0.4 is 0 Å². The first kappa shape index (κ1) is 15.8. The Balaban J connectivity index is 1.52. The van der Waals surface area contributed by atoms with Crippen LogP contribution in [0.25, 0.3) is 0 Å².